The van der Waals surface area contributed by atoms with E-state index in [9.17, 15) is 0 Å². The Morgan fingerprint density at radius 2 is 1.83 bits per heavy atom. The number of aromatic nitrogens is 5. The number of anilines is 1. The lowest BCUT2D eigenvalue weighted by atomic mass is 10.0. The van der Waals surface area contributed by atoms with Crippen molar-refractivity contribution in [2.75, 3.05) is 31.1 Å². The van der Waals surface area contributed by atoms with Crippen molar-refractivity contribution in [3.05, 3.63) is 42.2 Å². The Hall–Kier alpha value is -2.55. The number of hydrogen-bond donors (Lipinski definition) is 2. The molecule has 2 aliphatic rings. The van der Waals surface area contributed by atoms with Crippen LogP contribution in [0.2, 0.25) is 0 Å². The van der Waals surface area contributed by atoms with Gasteiger partial charge in [-0.05, 0) is 24.0 Å². The van der Waals surface area contributed by atoms with E-state index in [1.165, 1.54) is 0 Å². The van der Waals surface area contributed by atoms with Crippen LogP contribution < -0.4 is 10.2 Å². The van der Waals surface area contributed by atoms with Crippen LogP contribution in [0, 0.1) is 11.8 Å². The van der Waals surface area contributed by atoms with Gasteiger partial charge in [-0.2, -0.15) is 5.10 Å². The molecule has 3 aromatic heterocycles. The maximum Gasteiger partial charge on any atom is 0.151 e. The quantitative estimate of drug-likeness (QED) is 0.524. The predicted octanol–water partition coefficient (Wildman–Crippen LogP) is 3.22. The molecule has 148 valence electrons. The lowest BCUT2D eigenvalue weighted by molar-refractivity contribution is 0.533. The number of benzene rings is 1. The number of fused-ring (bicyclic) bond motifs is 2. The summed E-state index contributed by atoms with van der Waals surface area (Å²) in [5.74, 6) is 2.47. The standard InChI is InChI=1S/C20H19N7S.ClH/c1-2-16(20-19(22-11-28-20)15(1)12-7-23-24-8-12)17-3-4-18(26-25-17)27-9-13-5-21-6-14(13)10-27;/h1-4,7-8,11,13-14,21H,5-6,9-10H2,(H,23,24);1H. The average Bonchev–Trinajstić information content (AvgIpc) is 3.51. The van der Waals surface area contributed by atoms with Crippen LogP contribution in [-0.4, -0.2) is 51.6 Å². The summed E-state index contributed by atoms with van der Waals surface area (Å²) in [6.07, 6.45) is 3.71. The zero-order valence-electron chi connectivity index (χ0n) is 15.6. The second-order valence-corrected chi connectivity index (χ2v) is 8.39. The van der Waals surface area contributed by atoms with Gasteiger partial charge >= 0.3 is 0 Å². The molecule has 29 heavy (non-hydrogen) atoms. The summed E-state index contributed by atoms with van der Waals surface area (Å²) in [5, 5.41) is 19.5. The van der Waals surface area contributed by atoms with Gasteiger partial charge in [-0.15, -0.1) is 33.9 Å². The molecule has 5 heterocycles. The fourth-order valence-corrected chi connectivity index (χ4v) is 5.30. The summed E-state index contributed by atoms with van der Waals surface area (Å²) in [5.41, 5.74) is 6.95. The maximum absolute atomic E-state index is 4.59. The number of rotatable bonds is 3. The highest BCUT2D eigenvalue weighted by Crippen LogP contribution is 2.36. The van der Waals surface area contributed by atoms with Crippen molar-refractivity contribution in [2.24, 2.45) is 11.8 Å². The smallest absolute Gasteiger partial charge is 0.151 e. The summed E-state index contributed by atoms with van der Waals surface area (Å²) in [6, 6.07) is 8.39. The van der Waals surface area contributed by atoms with Gasteiger partial charge in [0.25, 0.3) is 0 Å². The molecule has 6 rings (SSSR count). The second kappa shape index (κ2) is 7.37. The molecule has 0 bridgehead atoms. The Morgan fingerprint density at radius 3 is 2.55 bits per heavy atom. The Balaban J connectivity index is 0.00000181. The topological polar surface area (TPSA) is 82.6 Å². The summed E-state index contributed by atoms with van der Waals surface area (Å²) in [7, 11) is 0. The highest BCUT2D eigenvalue weighted by molar-refractivity contribution is 7.17. The Morgan fingerprint density at radius 1 is 1.00 bits per heavy atom. The van der Waals surface area contributed by atoms with Crippen LogP contribution in [0.25, 0.3) is 32.6 Å². The fourth-order valence-electron chi connectivity index (χ4n) is 4.46. The molecule has 0 saturated carbocycles. The van der Waals surface area contributed by atoms with Crippen LogP contribution in [0.4, 0.5) is 5.82 Å². The van der Waals surface area contributed by atoms with E-state index in [2.05, 4.69) is 59.9 Å². The van der Waals surface area contributed by atoms with E-state index in [1.54, 1.807) is 11.3 Å². The van der Waals surface area contributed by atoms with Gasteiger partial charge in [-0.3, -0.25) is 5.10 Å². The molecule has 2 atom stereocenters. The van der Waals surface area contributed by atoms with E-state index in [4.69, 9.17) is 0 Å². The predicted molar refractivity (Wildman–Crippen MR) is 118 cm³/mol. The van der Waals surface area contributed by atoms with E-state index < -0.39 is 0 Å². The third-order valence-electron chi connectivity index (χ3n) is 5.93. The monoisotopic (exact) mass is 425 g/mol. The Labute approximate surface area is 178 Å². The zero-order chi connectivity index (χ0) is 18.5. The third kappa shape index (κ3) is 3.08. The lowest BCUT2D eigenvalue weighted by Gasteiger charge is -2.18. The number of aromatic amines is 1. The van der Waals surface area contributed by atoms with Gasteiger partial charge in [0.05, 0.1) is 27.6 Å². The van der Waals surface area contributed by atoms with Gasteiger partial charge in [0.2, 0.25) is 0 Å². The largest absolute Gasteiger partial charge is 0.354 e. The van der Waals surface area contributed by atoms with Crippen molar-refractivity contribution < 1.29 is 0 Å². The summed E-state index contributed by atoms with van der Waals surface area (Å²) < 4.78 is 1.13. The molecule has 7 nitrogen and oxygen atoms in total. The van der Waals surface area contributed by atoms with Crippen molar-refractivity contribution in [1.82, 2.24) is 30.7 Å². The van der Waals surface area contributed by atoms with E-state index in [0.717, 1.165) is 76.4 Å². The molecule has 2 aliphatic heterocycles. The highest BCUT2D eigenvalue weighted by atomic mass is 35.5. The molecule has 0 aliphatic carbocycles. The maximum atomic E-state index is 4.59. The minimum atomic E-state index is 0. The Bertz CT molecular complexity index is 1110. The first kappa shape index (κ1) is 18.5. The van der Waals surface area contributed by atoms with Gasteiger partial charge < -0.3 is 10.2 Å². The second-order valence-electron chi connectivity index (χ2n) is 7.54. The number of nitrogens with zero attached hydrogens (tertiary/aromatic N) is 5. The van der Waals surface area contributed by atoms with Crippen molar-refractivity contribution in [2.45, 2.75) is 0 Å². The summed E-state index contributed by atoms with van der Waals surface area (Å²) in [4.78, 5) is 6.96. The normalized spacial score (nSPS) is 20.8. The number of hydrogen-bond acceptors (Lipinski definition) is 7. The molecule has 0 spiro atoms. The molecule has 0 amide bonds. The minimum absolute atomic E-state index is 0. The first-order valence-electron chi connectivity index (χ1n) is 9.52. The van der Waals surface area contributed by atoms with Crippen molar-refractivity contribution in [3.63, 3.8) is 0 Å². The zero-order valence-corrected chi connectivity index (χ0v) is 17.2. The average molecular weight is 426 g/mol. The molecular formula is C20H20ClN7S. The van der Waals surface area contributed by atoms with Crippen molar-refractivity contribution in [1.29, 1.82) is 0 Å². The van der Waals surface area contributed by atoms with E-state index >= 15 is 0 Å². The van der Waals surface area contributed by atoms with Gasteiger partial charge in [0, 0.05) is 49.1 Å². The number of H-pyrrole nitrogens is 1. The third-order valence-corrected chi connectivity index (χ3v) is 6.79. The fraction of sp³-hybridized carbons (Fsp3) is 0.300. The number of halogens is 1. The summed E-state index contributed by atoms with van der Waals surface area (Å²) in [6.45, 7) is 4.40. The SMILES string of the molecule is Cl.c1nc2c(-c3cn[nH]c3)ccc(-c3ccc(N4CC5CNCC5C4)nn3)c2s1. The van der Waals surface area contributed by atoms with Crippen LogP contribution in [0.5, 0.6) is 0 Å². The molecular weight excluding hydrogens is 406 g/mol. The van der Waals surface area contributed by atoms with Crippen LogP contribution in [0.15, 0.2) is 42.2 Å². The molecule has 2 N–H and O–H groups in total. The van der Waals surface area contributed by atoms with E-state index in [0.29, 0.717) is 0 Å². The van der Waals surface area contributed by atoms with Crippen LogP contribution >= 0.6 is 23.7 Å². The van der Waals surface area contributed by atoms with Crippen LogP contribution in [0.3, 0.4) is 0 Å². The molecule has 1 aromatic carbocycles. The Kier molecular flexibility index (Phi) is 4.69. The minimum Gasteiger partial charge on any atom is -0.354 e. The van der Waals surface area contributed by atoms with Gasteiger partial charge in [-0.1, -0.05) is 12.1 Å². The van der Waals surface area contributed by atoms with Crippen LogP contribution in [0.1, 0.15) is 0 Å². The number of thiazole rings is 1. The molecule has 2 saturated heterocycles. The number of nitrogens with one attached hydrogen (secondary N) is 2. The van der Waals surface area contributed by atoms with Gasteiger partial charge in [0.15, 0.2) is 5.82 Å². The van der Waals surface area contributed by atoms with Crippen molar-refractivity contribution in [3.8, 4) is 22.4 Å². The van der Waals surface area contributed by atoms with E-state index in [-0.39, 0.29) is 12.4 Å². The van der Waals surface area contributed by atoms with Crippen molar-refractivity contribution >= 4 is 39.8 Å². The van der Waals surface area contributed by atoms with Gasteiger partial charge in [-0.25, -0.2) is 4.98 Å². The van der Waals surface area contributed by atoms with Gasteiger partial charge in [0.1, 0.15) is 0 Å². The molecule has 4 aromatic rings. The first-order chi connectivity index (χ1) is 13.9. The summed E-state index contributed by atoms with van der Waals surface area (Å²) >= 11 is 1.63. The lowest BCUT2D eigenvalue weighted by Crippen LogP contribution is -2.26. The highest BCUT2D eigenvalue weighted by Gasteiger charge is 2.36. The van der Waals surface area contributed by atoms with E-state index in [1.807, 2.05) is 17.9 Å². The molecule has 2 fully saturated rings. The first-order valence-corrected chi connectivity index (χ1v) is 10.4. The molecule has 2 unspecified atom stereocenters. The van der Waals surface area contributed by atoms with Crippen LogP contribution in [-0.2, 0) is 0 Å². The molecule has 9 heteroatoms. The molecule has 0 radical (unpaired) electrons.